The Morgan fingerprint density at radius 3 is 2.65 bits per heavy atom. The minimum absolute atomic E-state index is 0.592. The van der Waals surface area contributed by atoms with Crippen LogP contribution in [0.1, 0.15) is 5.56 Å². The second kappa shape index (κ2) is 6.97. The molecule has 2 rings (SSSR count). The lowest BCUT2D eigenvalue weighted by atomic mass is 10.2. The Bertz CT molecular complexity index is 605. The number of likely N-dealkylation sites (N-methyl/N-ethyl adjacent to an activating group) is 1. The van der Waals surface area contributed by atoms with Crippen molar-refractivity contribution in [3.05, 3.63) is 58.6 Å². The first-order chi connectivity index (χ1) is 9.69. The van der Waals surface area contributed by atoms with Crippen LogP contribution >= 0.6 is 15.9 Å². The van der Waals surface area contributed by atoms with Gasteiger partial charge in [0.1, 0.15) is 12.4 Å². The van der Waals surface area contributed by atoms with Crippen LogP contribution in [0, 0.1) is 11.3 Å². The summed E-state index contributed by atoms with van der Waals surface area (Å²) in [6, 6.07) is 17.5. The zero-order valence-corrected chi connectivity index (χ0v) is 12.8. The third-order valence-electron chi connectivity index (χ3n) is 2.93. The van der Waals surface area contributed by atoms with E-state index in [0.717, 1.165) is 22.5 Å². The van der Waals surface area contributed by atoms with E-state index in [2.05, 4.69) is 26.9 Å². The maximum atomic E-state index is 8.89. The maximum absolute atomic E-state index is 8.89. The SMILES string of the molecule is CN(CCOc1ccc(Br)cc1)c1cccc(C#N)c1. The van der Waals surface area contributed by atoms with E-state index in [0.29, 0.717) is 12.2 Å². The van der Waals surface area contributed by atoms with Gasteiger partial charge in [0, 0.05) is 17.2 Å². The van der Waals surface area contributed by atoms with Gasteiger partial charge in [0.25, 0.3) is 0 Å². The first kappa shape index (κ1) is 14.4. The van der Waals surface area contributed by atoms with Crippen molar-refractivity contribution in [2.45, 2.75) is 0 Å². The lowest BCUT2D eigenvalue weighted by molar-refractivity contribution is 0.326. The van der Waals surface area contributed by atoms with Crippen molar-refractivity contribution in [1.29, 1.82) is 5.26 Å². The Labute approximate surface area is 127 Å². The molecule has 2 aromatic carbocycles. The van der Waals surface area contributed by atoms with Gasteiger partial charge in [0.05, 0.1) is 18.2 Å². The van der Waals surface area contributed by atoms with E-state index in [1.807, 2.05) is 49.5 Å². The summed E-state index contributed by atoms with van der Waals surface area (Å²) in [4.78, 5) is 2.07. The summed E-state index contributed by atoms with van der Waals surface area (Å²) in [5.41, 5.74) is 1.69. The van der Waals surface area contributed by atoms with E-state index in [9.17, 15) is 0 Å². The molecule has 102 valence electrons. The average molecular weight is 331 g/mol. The van der Waals surface area contributed by atoms with E-state index in [4.69, 9.17) is 10.00 Å². The fraction of sp³-hybridized carbons (Fsp3) is 0.188. The number of benzene rings is 2. The molecule has 0 saturated carbocycles. The Kier molecular flexibility index (Phi) is 5.03. The van der Waals surface area contributed by atoms with Crippen molar-refractivity contribution < 1.29 is 4.74 Å². The molecule has 0 aliphatic rings. The van der Waals surface area contributed by atoms with E-state index in [1.165, 1.54) is 0 Å². The van der Waals surface area contributed by atoms with Gasteiger partial charge in [0.2, 0.25) is 0 Å². The Balaban J connectivity index is 1.87. The highest BCUT2D eigenvalue weighted by Crippen LogP contribution is 2.17. The first-order valence-electron chi connectivity index (χ1n) is 6.29. The van der Waals surface area contributed by atoms with Gasteiger partial charge in [-0.25, -0.2) is 0 Å². The monoisotopic (exact) mass is 330 g/mol. The van der Waals surface area contributed by atoms with E-state index in [-0.39, 0.29) is 0 Å². The quantitative estimate of drug-likeness (QED) is 0.835. The van der Waals surface area contributed by atoms with Crippen molar-refractivity contribution in [2.24, 2.45) is 0 Å². The molecule has 0 saturated heterocycles. The zero-order chi connectivity index (χ0) is 14.4. The Hall–Kier alpha value is -1.99. The van der Waals surface area contributed by atoms with Crippen LogP contribution in [0.2, 0.25) is 0 Å². The van der Waals surface area contributed by atoms with Gasteiger partial charge in [-0.15, -0.1) is 0 Å². The maximum Gasteiger partial charge on any atom is 0.119 e. The van der Waals surface area contributed by atoms with Crippen molar-refractivity contribution in [3.63, 3.8) is 0 Å². The van der Waals surface area contributed by atoms with Crippen molar-refractivity contribution in [1.82, 2.24) is 0 Å². The third kappa shape index (κ3) is 4.01. The summed E-state index contributed by atoms with van der Waals surface area (Å²) < 4.78 is 6.72. The average Bonchev–Trinajstić information content (AvgIpc) is 2.49. The molecule has 0 radical (unpaired) electrons. The fourth-order valence-corrected chi connectivity index (χ4v) is 2.04. The first-order valence-corrected chi connectivity index (χ1v) is 7.08. The molecule has 0 aromatic heterocycles. The molecule has 0 N–H and O–H groups in total. The second-order valence-electron chi connectivity index (χ2n) is 4.39. The van der Waals surface area contributed by atoms with E-state index >= 15 is 0 Å². The molecule has 0 atom stereocenters. The van der Waals surface area contributed by atoms with Crippen LogP contribution in [-0.2, 0) is 0 Å². The van der Waals surface area contributed by atoms with Crippen LogP contribution in [0.25, 0.3) is 0 Å². The second-order valence-corrected chi connectivity index (χ2v) is 5.30. The highest BCUT2D eigenvalue weighted by Gasteiger charge is 2.02. The number of ether oxygens (including phenoxy) is 1. The number of nitriles is 1. The molecule has 0 fully saturated rings. The molecule has 0 amide bonds. The minimum atomic E-state index is 0.592. The molecule has 0 aliphatic heterocycles. The largest absolute Gasteiger partial charge is 0.492 e. The van der Waals surface area contributed by atoms with Crippen LogP contribution in [-0.4, -0.2) is 20.2 Å². The number of hydrogen-bond donors (Lipinski definition) is 0. The lowest BCUT2D eigenvalue weighted by Crippen LogP contribution is -2.23. The van der Waals surface area contributed by atoms with Gasteiger partial charge >= 0.3 is 0 Å². The number of anilines is 1. The molecule has 2 aromatic rings. The number of hydrogen-bond acceptors (Lipinski definition) is 3. The van der Waals surface area contributed by atoms with Crippen LogP contribution in [0.4, 0.5) is 5.69 Å². The molecule has 3 nitrogen and oxygen atoms in total. The summed E-state index contributed by atoms with van der Waals surface area (Å²) in [7, 11) is 1.99. The van der Waals surface area contributed by atoms with E-state index < -0.39 is 0 Å². The van der Waals surface area contributed by atoms with Crippen LogP contribution in [0.5, 0.6) is 5.75 Å². The molecular weight excluding hydrogens is 316 g/mol. The fourth-order valence-electron chi connectivity index (χ4n) is 1.77. The molecule has 0 heterocycles. The van der Waals surface area contributed by atoms with Crippen LogP contribution in [0.3, 0.4) is 0 Å². The summed E-state index contributed by atoms with van der Waals surface area (Å²) in [5.74, 6) is 0.854. The summed E-state index contributed by atoms with van der Waals surface area (Å²) in [6.07, 6.45) is 0. The molecular formula is C16H15BrN2O. The van der Waals surface area contributed by atoms with Gasteiger partial charge in [-0.1, -0.05) is 22.0 Å². The van der Waals surface area contributed by atoms with Gasteiger partial charge in [-0.3, -0.25) is 0 Å². The minimum Gasteiger partial charge on any atom is -0.492 e. The highest BCUT2D eigenvalue weighted by molar-refractivity contribution is 9.10. The topological polar surface area (TPSA) is 36.3 Å². The standard InChI is InChI=1S/C16H15BrN2O/c1-19(15-4-2-3-13(11-15)12-18)9-10-20-16-7-5-14(17)6-8-16/h2-8,11H,9-10H2,1H3. The third-order valence-corrected chi connectivity index (χ3v) is 3.45. The predicted molar refractivity (Wildman–Crippen MR) is 84.1 cm³/mol. The number of halogens is 1. The van der Waals surface area contributed by atoms with Crippen molar-refractivity contribution >= 4 is 21.6 Å². The molecule has 4 heteroatoms. The predicted octanol–water partition coefficient (Wildman–Crippen LogP) is 3.84. The molecule has 0 aliphatic carbocycles. The smallest absolute Gasteiger partial charge is 0.119 e. The van der Waals surface area contributed by atoms with Crippen molar-refractivity contribution in [3.8, 4) is 11.8 Å². The number of nitrogens with zero attached hydrogens (tertiary/aromatic N) is 2. The summed E-state index contributed by atoms with van der Waals surface area (Å²) in [5, 5.41) is 8.89. The van der Waals surface area contributed by atoms with Crippen molar-refractivity contribution in [2.75, 3.05) is 25.1 Å². The van der Waals surface area contributed by atoms with Gasteiger partial charge in [0.15, 0.2) is 0 Å². The normalized spacial score (nSPS) is 9.85. The Morgan fingerprint density at radius 1 is 1.20 bits per heavy atom. The molecule has 0 unspecified atom stereocenters. The zero-order valence-electron chi connectivity index (χ0n) is 11.2. The van der Waals surface area contributed by atoms with Crippen LogP contribution in [0.15, 0.2) is 53.0 Å². The molecule has 0 bridgehead atoms. The highest BCUT2D eigenvalue weighted by atomic mass is 79.9. The summed E-state index contributed by atoms with van der Waals surface area (Å²) in [6.45, 7) is 1.35. The number of rotatable bonds is 5. The van der Waals surface area contributed by atoms with Crippen LogP contribution < -0.4 is 9.64 Å². The van der Waals surface area contributed by atoms with E-state index in [1.54, 1.807) is 6.07 Å². The van der Waals surface area contributed by atoms with Gasteiger partial charge < -0.3 is 9.64 Å². The molecule has 20 heavy (non-hydrogen) atoms. The summed E-state index contributed by atoms with van der Waals surface area (Å²) >= 11 is 3.39. The van der Waals surface area contributed by atoms with Gasteiger partial charge in [-0.05, 0) is 42.5 Å². The van der Waals surface area contributed by atoms with Gasteiger partial charge in [-0.2, -0.15) is 5.26 Å². The lowest BCUT2D eigenvalue weighted by Gasteiger charge is -2.19. The molecule has 0 spiro atoms. The Morgan fingerprint density at radius 2 is 1.95 bits per heavy atom.